The summed E-state index contributed by atoms with van der Waals surface area (Å²) in [6.07, 6.45) is 1.22. The van der Waals surface area contributed by atoms with Crippen LogP contribution in [0.2, 0.25) is 0 Å². The maximum Gasteiger partial charge on any atom is 0.320 e. The van der Waals surface area contributed by atoms with Crippen LogP contribution in [0, 0.1) is 0 Å². The first-order valence-electron chi connectivity index (χ1n) is 5.93. The molecule has 1 aromatic carbocycles. The van der Waals surface area contributed by atoms with E-state index >= 15 is 0 Å². The number of nitrogens with zero attached hydrogens (tertiary/aromatic N) is 1. The van der Waals surface area contributed by atoms with Gasteiger partial charge in [-0.2, -0.15) is 0 Å². The van der Waals surface area contributed by atoms with Gasteiger partial charge in [0.25, 0.3) is 0 Å². The van der Waals surface area contributed by atoms with Crippen molar-refractivity contribution in [3.05, 3.63) is 35.9 Å². The van der Waals surface area contributed by atoms with Crippen molar-refractivity contribution in [2.24, 2.45) is 5.16 Å². The number of hydrogen-bond donors (Lipinski definition) is 2. The van der Waals surface area contributed by atoms with Gasteiger partial charge >= 0.3 is 5.97 Å². The normalized spacial score (nSPS) is 21.8. The molecule has 0 amide bonds. The molecule has 1 heterocycles. The van der Waals surface area contributed by atoms with Gasteiger partial charge in [0, 0.05) is 6.54 Å². The zero-order valence-corrected chi connectivity index (χ0v) is 10.0. The zero-order chi connectivity index (χ0) is 12.8. The highest BCUT2D eigenvalue weighted by Crippen LogP contribution is 2.07. The number of carboxylic acid groups (broad SMARTS) is 1. The quantitative estimate of drug-likeness (QED) is 0.790. The van der Waals surface area contributed by atoms with Crippen LogP contribution in [-0.4, -0.2) is 29.4 Å². The lowest BCUT2D eigenvalue weighted by molar-refractivity contribution is -0.139. The second kappa shape index (κ2) is 6.16. The van der Waals surface area contributed by atoms with Crippen LogP contribution >= 0.6 is 0 Å². The minimum absolute atomic E-state index is 0.437. The number of benzene rings is 1. The van der Waals surface area contributed by atoms with Crippen LogP contribution in [0.15, 0.2) is 35.5 Å². The third-order valence-electron chi connectivity index (χ3n) is 2.84. The van der Waals surface area contributed by atoms with Crippen LogP contribution in [0.25, 0.3) is 0 Å². The molecule has 1 aromatic rings. The number of nitrogens with one attached hydrogen (secondary N) is 1. The molecule has 5 nitrogen and oxygen atoms in total. The summed E-state index contributed by atoms with van der Waals surface area (Å²) in [5.41, 5.74) is 1.93. The Morgan fingerprint density at radius 1 is 1.44 bits per heavy atom. The molecule has 1 aliphatic rings. The van der Waals surface area contributed by atoms with E-state index in [1.165, 1.54) is 0 Å². The van der Waals surface area contributed by atoms with Gasteiger partial charge in [0.15, 0.2) is 0 Å². The molecule has 5 heteroatoms. The van der Waals surface area contributed by atoms with Gasteiger partial charge in [-0.3, -0.25) is 10.1 Å². The first kappa shape index (κ1) is 12.6. The summed E-state index contributed by atoms with van der Waals surface area (Å²) in [4.78, 5) is 16.0. The summed E-state index contributed by atoms with van der Waals surface area (Å²) >= 11 is 0. The second-order valence-corrected chi connectivity index (χ2v) is 4.23. The predicted molar refractivity (Wildman–Crippen MR) is 67.3 cm³/mol. The average Bonchev–Trinajstić information content (AvgIpc) is 2.40. The smallest absolute Gasteiger partial charge is 0.320 e. The SMILES string of the molecule is O=C(O)[C@H]1CCC(=NOCc2ccccc2)CN1. The van der Waals surface area contributed by atoms with Gasteiger partial charge in [0.1, 0.15) is 12.6 Å². The molecular formula is C13H16N2O3. The number of aliphatic carboxylic acids is 1. The lowest BCUT2D eigenvalue weighted by Crippen LogP contribution is -2.44. The fourth-order valence-electron chi connectivity index (χ4n) is 1.80. The summed E-state index contributed by atoms with van der Waals surface area (Å²) in [6, 6.07) is 9.33. The topological polar surface area (TPSA) is 70.9 Å². The van der Waals surface area contributed by atoms with E-state index in [0.717, 1.165) is 11.3 Å². The maximum absolute atomic E-state index is 10.7. The van der Waals surface area contributed by atoms with Gasteiger partial charge in [0.2, 0.25) is 0 Å². The van der Waals surface area contributed by atoms with Crippen LogP contribution in [0.5, 0.6) is 0 Å². The van der Waals surface area contributed by atoms with Crippen molar-refractivity contribution in [1.29, 1.82) is 0 Å². The Kier molecular flexibility index (Phi) is 4.30. The molecule has 0 aliphatic carbocycles. The van der Waals surface area contributed by atoms with Gasteiger partial charge in [-0.05, 0) is 18.4 Å². The first-order chi connectivity index (χ1) is 8.75. The number of piperidine rings is 1. The number of carbonyl (C=O) groups is 1. The molecule has 0 saturated carbocycles. The van der Waals surface area contributed by atoms with E-state index in [4.69, 9.17) is 9.94 Å². The Balaban J connectivity index is 1.76. The number of hydrogen-bond acceptors (Lipinski definition) is 4. The highest BCUT2D eigenvalue weighted by molar-refractivity contribution is 5.88. The molecule has 18 heavy (non-hydrogen) atoms. The molecule has 96 valence electrons. The van der Waals surface area contributed by atoms with Crippen molar-refractivity contribution in [1.82, 2.24) is 5.32 Å². The minimum atomic E-state index is -0.806. The Morgan fingerprint density at radius 3 is 2.83 bits per heavy atom. The maximum atomic E-state index is 10.7. The summed E-state index contributed by atoms with van der Waals surface area (Å²) in [7, 11) is 0. The summed E-state index contributed by atoms with van der Waals surface area (Å²) in [6.45, 7) is 0.915. The Bertz CT molecular complexity index is 421. The minimum Gasteiger partial charge on any atom is -0.480 e. The van der Waals surface area contributed by atoms with Crippen LogP contribution in [-0.2, 0) is 16.2 Å². The Labute approximate surface area is 105 Å². The molecule has 1 atom stereocenters. The van der Waals surface area contributed by atoms with E-state index in [1.807, 2.05) is 30.3 Å². The summed E-state index contributed by atoms with van der Waals surface area (Å²) in [5, 5.41) is 15.8. The van der Waals surface area contributed by atoms with Crippen molar-refractivity contribution in [2.45, 2.75) is 25.5 Å². The Morgan fingerprint density at radius 2 is 2.22 bits per heavy atom. The zero-order valence-electron chi connectivity index (χ0n) is 10.0. The standard InChI is InChI=1S/C13H16N2O3/c16-13(17)12-7-6-11(8-14-12)15-18-9-10-4-2-1-3-5-10/h1-5,12,14H,6-9H2,(H,16,17)/t12-/m1/s1. The van der Waals surface area contributed by atoms with Crippen LogP contribution in [0.1, 0.15) is 18.4 Å². The van der Waals surface area contributed by atoms with Gasteiger partial charge in [-0.15, -0.1) is 0 Å². The van der Waals surface area contributed by atoms with Gasteiger partial charge in [0.05, 0.1) is 5.71 Å². The van der Waals surface area contributed by atoms with Crippen LogP contribution in [0.4, 0.5) is 0 Å². The monoisotopic (exact) mass is 248 g/mol. The number of carboxylic acids is 1. The van der Waals surface area contributed by atoms with E-state index in [0.29, 0.717) is 26.0 Å². The van der Waals surface area contributed by atoms with E-state index < -0.39 is 12.0 Å². The lowest BCUT2D eigenvalue weighted by Gasteiger charge is -2.20. The molecule has 1 aliphatic heterocycles. The predicted octanol–water partition coefficient (Wildman–Crippen LogP) is 1.40. The first-order valence-corrected chi connectivity index (χ1v) is 5.93. The van der Waals surface area contributed by atoms with Gasteiger partial charge in [-0.25, -0.2) is 0 Å². The fourth-order valence-corrected chi connectivity index (χ4v) is 1.80. The molecule has 0 aromatic heterocycles. The summed E-state index contributed by atoms with van der Waals surface area (Å²) in [5.74, 6) is -0.806. The van der Waals surface area contributed by atoms with Crippen molar-refractivity contribution < 1.29 is 14.7 Å². The number of rotatable bonds is 4. The van der Waals surface area contributed by atoms with Gasteiger partial charge < -0.3 is 9.94 Å². The lowest BCUT2D eigenvalue weighted by atomic mass is 10.0. The fraction of sp³-hybridized carbons (Fsp3) is 0.385. The van der Waals surface area contributed by atoms with Crippen molar-refractivity contribution in [3.63, 3.8) is 0 Å². The molecule has 0 radical (unpaired) electrons. The highest BCUT2D eigenvalue weighted by Gasteiger charge is 2.22. The summed E-state index contributed by atoms with van der Waals surface area (Å²) < 4.78 is 0. The molecule has 0 bridgehead atoms. The Hall–Kier alpha value is -1.88. The second-order valence-electron chi connectivity index (χ2n) is 4.23. The average molecular weight is 248 g/mol. The number of oxime groups is 1. The van der Waals surface area contributed by atoms with E-state index in [9.17, 15) is 4.79 Å². The molecule has 1 saturated heterocycles. The molecule has 0 spiro atoms. The molecule has 1 fully saturated rings. The van der Waals surface area contributed by atoms with Gasteiger partial charge in [-0.1, -0.05) is 35.5 Å². The molecule has 0 unspecified atom stereocenters. The third kappa shape index (κ3) is 3.56. The van der Waals surface area contributed by atoms with Crippen molar-refractivity contribution in [3.8, 4) is 0 Å². The molecule has 2 rings (SSSR count). The van der Waals surface area contributed by atoms with Crippen LogP contribution in [0.3, 0.4) is 0 Å². The third-order valence-corrected chi connectivity index (χ3v) is 2.84. The van der Waals surface area contributed by atoms with E-state index in [-0.39, 0.29) is 0 Å². The molecular weight excluding hydrogens is 232 g/mol. The molecule has 2 N–H and O–H groups in total. The van der Waals surface area contributed by atoms with Crippen LogP contribution < -0.4 is 5.32 Å². The highest BCUT2D eigenvalue weighted by atomic mass is 16.6. The largest absolute Gasteiger partial charge is 0.480 e. The van der Waals surface area contributed by atoms with E-state index in [2.05, 4.69) is 10.5 Å². The van der Waals surface area contributed by atoms with E-state index in [1.54, 1.807) is 0 Å². The van der Waals surface area contributed by atoms with Crippen molar-refractivity contribution >= 4 is 11.7 Å². The van der Waals surface area contributed by atoms with Crippen molar-refractivity contribution in [2.75, 3.05) is 6.54 Å².